The normalized spacial score (nSPS) is 18.7. The Morgan fingerprint density at radius 3 is 2.00 bits per heavy atom. The molecule has 23 heavy (non-hydrogen) atoms. The first-order chi connectivity index (χ1) is 9.69. The van der Waals surface area contributed by atoms with Crippen molar-refractivity contribution in [3.63, 3.8) is 0 Å². The minimum atomic E-state index is -5.08. The summed E-state index contributed by atoms with van der Waals surface area (Å²) in [6.07, 6.45) is -1.41. The van der Waals surface area contributed by atoms with E-state index < -0.39 is 12.1 Å². The van der Waals surface area contributed by atoms with Gasteiger partial charge in [0.05, 0.1) is 13.7 Å². The van der Waals surface area contributed by atoms with Gasteiger partial charge >= 0.3 is 49.2 Å². The molecular weight excluding hydrogens is 541 g/mol. The zero-order valence-corrected chi connectivity index (χ0v) is 18.3. The van der Waals surface area contributed by atoms with Gasteiger partial charge in [-0.2, -0.15) is 19.6 Å². The molecule has 0 aliphatic carbocycles. The Labute approximate surface area is 160 Å². The Kier molecular flexibility index (Phi) is 20.3. The molecule has 1 fully saturated rings. The molecule has 9 heteroatoms. The number of hydrogen-bond donors (Lipinski definition) is 2. The number of ether oxygens (including phenoxy) is 1. The Bertz CT molecular complexity index is 320. The quantitative estimate of drug-likeness (QED) is 0.404. The Balaban J connectivity index is -0.000000144. The monoisotopic (exact) mass is 568 g/mol. The molecule has 0 amide bonds. The van der Waals surface area contributed by atoms with Crippen molar-refractivity contribution in [1.29, 1.82) is 0 Å². The van der Waals surface area contributed by atoms with E-state index in [0.717, 1.165) is 32.2 Å². The standard InChI is InChI=1S/C9H16NO2.C2HF3O2.C2H6.CH3.U/c1-3-5-9(8(11)12-2)6-4-7-10-9;3-2(4,5)1(6)7;1-2;;/h10H,1,3-7H2,2H3;(H,6,7);1-2H3;1H3;/q-1;;;-1;+2/p+1. The fourth-order valence-electron chi connectivity index (χ4n) is 1.93. The first-order valence-corrected chi connectivity index (χ1v) is 6.72. The molecule has 0 radical (unpaired) electrons. The number of hydrogen-bond acceptors (Lipinski definition) is 3. The number of rotatable bonds is 3. The summed E-state index contributed by atoms with van der Waals surface area (Å²) in [4.78, 5) is 20.3. The van der Waals surface area contributed by atoms with Crippen LogP contribution in [0.4, 0.5) is 13.2 Å². The number of quaternary nitrogens is 1. The van der Waals surface area contributed by atoms with E-state index in [0.29, 0.717) is 0 Å². The van der Waals surface area contributed by atoms with Crippen molar-refractivity contribution in [2.75, 3.05) is 13.7 Å². The van der Waals surface area contributed by atoms with Crippen LogP contribution < -0.4 is 5.32 Å². The molecule has 1 aliphatic rings. The van der Waals surface area contributed by atoms with Gasteiger partial charge in [0.25, 0.3) is 0 Å². The number of nitrogens with two attached hydrogens (primary N) is 1. The minimum absolute atomic E-state index is 0. The molecule has 0 bridgehead atoms. The summed E-state index contributed by atoms with van der Waals surface area (Å²) in [7, 11) is 1.46. The van der Waals surface area contributed by atoms with E-state index in [-0.39, 0.29) is 50.0 Å². The molecule has 0 aromatic rings. The third-order valence-electron chi connectivity index (χ3n) is 2.82. The molecule has 0 spiro atoms. The summed E-state index contributed by atoms with van der Waals surface area (Å²) >= 11 is 0. The second-order valence-electron chi connectivity index (χ2n) is 4.15. The second-order valence-corrected chi connectivity index (χ2v) is 4.15. The number of halogens is 3. The zero-order chi connectivity index (χ0) is 17.1. The molecule has 1 atom stereocenters. The number of esters is 1. The Morgan fingerprint density at radius 1 is 1.35 bits per heavy atom. The summed E-state index contributed by atoms with van der Waals surface area (Å²) in [6, 6.07) is 0. The number of methoxy groups -OCH3 is 1. The van der Waals surface area contributed by atoms with Crippen molar-refractivity contribution in [3.8, 4) is 0 Å². The van der Waals surface area contributed by atoms with Gasteiger partial charge in [0.2, 0.25) is 0 Å². The van der Waals surface area contributed by atoms with Crippen molar-refractivity contribution in [2.24, 2.45) is 0 Å². The second kappa shape index (κ2) is 15.3. The maximum Gasteiger partial charge on any atom is 2.00 e. The minimum Gasteiger partial charge on any atom is -0.475 e. The predicted octanol–water partition coefficient (Wildman–Crippen LogP) is 1.98. The molecule has 1 aliphatic heterocycles. The molecule has 0 saturated carbocycles. The summed E-state index contributed by atoms with van der Waals surface area (Å²) in [5.41, 5.74) is -0.295. The molecule has 3 N–H and O–H groups in total. The number of carbonyl (C=O) groups excluding carboxylic acids is 1. The topological polar surface area (TPSA) is 80.2 Å². The van der Waals surface area contributed by atoms with Crippen LogP contribution in [0.2, 0.25) is 0 Å². The van der Waals surface area contributed by atoms with E-state index in [1.807, 2.05) is 13.8 Å². The molecule has 136 valence electrons. The van der Waals surface area contributed by atoms with Crippen LogP contribution in [0.15, 0.2) is 0 Å². The molecule has 1 rings (SSSR count). The summed E-state index contributed by atoms with van der Waals surface area (Å²) < 4.78 is 36.5. The summed E-state index contributed by atoms with van der Waals surface area (Å²) in [5.74, 6) is -2.84. The first-order valence-electron chi connectivity index (χ1n) is 6.72. The SMILES string of the molecule is CC.O=C(O)C(F)(F)F.[CH2-]CCC1(C(=O)OC)CCC[NH2+]1.[CH3-].[U+2]. The van der Waals surface area contributed by atoms with Gasteiger partial charge in [-0.1, -0.05) is 13.8 Å². The van der Waals surface area contributed by atoms with Gasteiger partial charge in [-0.15, -0.1) is 0 Å². The fourth-order valence-corrected chi connectivity index (χ4v) is 1.93. The smallest absolute Gasteiger partial charge is 0.475 e. The maximum atomic E-state index is 11.4. The fraction of sp³-hybridized carbons (Fsp3) is 0.714. The van der Waals surface area contributed by atoms with Crippen molar-refractivity contribution in [3.05, 3.63) is 14.4 Å². The molecule has 0 aromatic heterocycles. The third-order valence-corrected chi connectivity index (χ3v) is 2.82. The van der Waals surface area contributed by atoms with Gasteiger partial charge < -0.3 is 29.5 Å². The van der Waals surface area contributed by atoms with Crippen molar-refractivity contribution in [2.45, 2.75) is 51.2 Å². The van der Waals surface area contributed by atoms with Crippen LogP contribution in [-0.2, 0) is 14.3 Å². The molecule has 5 nitrogen and oxygen atoms in total. The predicted molar refractivity (Wildman–Crippen MR) is 76.8 cm³/mol. The largest absolute Gasteiger partial charge is 2.00 e. The van der Waals surface area contributed by atoms with E-state index in [9.17, 15) is 18.0 Å². The number of carboxylic acids is 1. The molecule has 0 aromatic carbocycles. The van der Waals surface area contributed by atoms with Crippen LogP contribution in [0.25, 0.3) is 0 Å². The first kappa shape index (κ1) is 30.6. The third kappa shape index (κ3) is 11.8. The number of aliphatic carboxylic acids is 1. The van der Waals surface area contributed by atoms with E-state index in [2.05, 4.69) is 12.2 Å². The number of alkyl halides is 3. The van der Waals surface area contributed by atoms with Gasteiger partial charge in [0, 0.05) is 12.8 Å². The van der Waals surface area contributed by atoms with Crippen LogP contribution in [0, 0.1) is 45.5 Å². The van der Waals surface area contributed by atoms with Gasteiger partial charge in [-0.25, -0.2) is 9.59 Å². The van der Waals surface area contributed by atoms with Gasteiger partial charge in [0.15, 0.2) is 5.54 Å². The van der Waals surface area contributed by atoms with E-state index in [1.165, 1.54) is 7.11 Å². The molecule has 1 saturated heterocycles. The average Bonchev–Trinajstić information content (AvgIpc) is 2.90. The maximum absolute atomic E-state index is 11.4. The van der Waals surface area contributed by atoms with Gasteiger partial charge in [0.1, 0.15) is 0 Å². The van der Waals surface area contributed by atoms with Crippen molar-refractivity contribution >= 4 is 11.9 Å². The number of carbonyl (C=O) groups is 2. The molecular formula is C14H27F3NO4U+. The van der Waals surface area contributed by atoms with Gasteiger partial charge in [-0.05, 0) is 6.42 Å². The van der Waals surface area contributed by atoms with Crippen LogP contribution in [0.1, 0.15) is 39.5 Å². The number of carboxylic acid groups (broad SMARTS) is 1. The average molecular weight is 568 g/mol. The Hall–Kier alpha value is -0.258. The van der Waals surface area contributed by atoms with Crippen LogP contribution in [0.5, 0.6) is 0 Å². The Morgan fingerprint density at radius 2 is 1.78 bits per heavy atom. The molecule has 1 heterocycles. The van der Waals surface area contributed by atoms with E-state index in [4.69, 9.17) is 14.6 Å². The zero-order valence-electron chi connectivity index (χ0n) is 14.1. The van der Waals surface area contributed by atoms with Crippen LogP contribution >= 0.6 is 0 Å². The van der Waals surface area contributed by atoms with Crippen LogP contribution in [-0.4, -0.2) is 42.4 Å². The summed E-state index contributed by atoms with van der Waals surface area (Å²) in [6.45, 7) is 8.82. The van der Waals surface area contributed by atoms with Crippen LogP contribution in [0.3, 0.4) is 0 Å². The van der Waals surface area contributed by atoms with Crippen molar-refractivity contribution < 1.29 is 69.0 Å². The summed E-state index contributed by atoms with van der Waals surface area (Å²) in [5, 5.41) is 9.23. The van der Waals surface area contributed by atoms with E-state index >= 15 is 0 Å². The van der Waals surface area contributed by atoms with Gasteiger partial charge in [-0.3, -0.25) is 0 Å². The van der Waals surface area contributed by atoms with E-state index in [1.54, 1.807) is 0 Å². The molecule has 1 unspecified atom stereocenters. The van der Waals surface area contributed by atoms with Crippen molar-refractivity contribution in [1.82, 2.24) is 0 Å².